The third kappa shape index (κ3) is 6.00. The van der Waals surface area contributed by atoms with Crippen molar-refractivity contribution >= 4 is 52.1 Å². The van der Waals surface area contributed by atoms with Crippen LogP contribution in [0.1, 0.15) is 12.0 Å². The second-order valence-corrected chi connectivity index (χ2v) is 9.38. The molecule has 0 aromatic heterocycles. The van der Waals surface area contributed by atoms with Crippen LogP contribution in [0, 0.1) is 0 Å². The number of nitrogens with zero attached hydrogens (tertiary/aromatic N) is 2. The van der Waals surface area contributed by atoms with Gasteiger partial charge in [0.2, 0.25) is 5.91 Å². The van der Waals surface area contributed by atoms with Gasteiger partial charge in [-0.15, -0.1) is 0 Å². The van der Waals surface area contributed by atoms with Gasteiger partial charge in [0.15, 0.2) is 16.6 Å². The summed E-state index contributed by atoms with van der Waals surface area (Å²) in [6, 6.07) is 18.8. The second kappa shape index (κ2) is 12.1. The Morgan fingerprint density at radius 3 is 2.29 bits per heavy atom. The summed E-state index contributed by atoms with van der Waals surface area (Å²) >= 11 is 11.8. The Labute approximate surface area is 232 Å². The third-order valence-corrected chi connectivity index (χ3v) is 6.86. The molecule has 8 nitrogen and oxygen atoms in total. The molecule has 1 fully saturated rings. The molecule has 198 valence electrons. The Kier molecular flexibility index (Phi) is 8.70. The van der Waals surface area contributed by atoms with Crippen LogP contribution in [-0.4, -0.2) is 55.7 Å². The summed E-state index contributed by atoms with van der Waals surface area (Å²) in [4.78, 5) is 29.6. The van der Waals surface area contributed by atoms with Gasteiger partial charge in [0.25, 0.3) is 5.91 Å². The summed E-state index contributed by atoms with van der Waals surface area (Å²) in [5.41, 5.74) is 2.17. The molecule has 0 spiro atoms. The number of halogens is 1. The molecule has 3 aromatic rings. The minimum Gasteiger partial charge on any atom is -0.497 e. The van der Waals surface area contributed by atoms with E-state index in [0.29, 0.717) is 46.0 Å². The van der Waals surface area contributed by atoms with Crippen molar-refractivity contribution in [3.63, 3.8) is 0 Å². The number of anilines is 2. The number of rotatable bonds is 9. The van der Waals surface area contributed by atoms with Crippen molar-refractivity contribution in [3.8, 4) is 17.2 Å². The number of ether oxygens (including phenoxy) is 3. The van der Waals surface area contributed by atoms with Gasteiger partial charge in [-0.1, -0.05) is 17.7 Å². The van der Waals surface area contributed by atoms with Gasteiger partial charge in [-0.25, -0.2) is 4.90 Å². The van der Waals surface area contributed by atoms with Crippen molar-refractivity contribution in [1.82, 2.24) is 4.90 Å². The minimum atomic E-state index is -0.767. The predicted molar refractivity (Wildman–Crippen MR) is 152 cm³/mol. The fourth-order valence-corrected chi connectivity index (χ4v) is 4.74. The lowest BCUT2D eigenvalue weighted by Crippen LogP contribution is -2.48. The molecule has 0 bridgehead atoms. The van der Waals surface area contributed by atoms with E-state index in [4.69, 9.17) is 38.0 Å². The number of amides is 2. The van der Waals surface area contributed by atoms with E-state index in [2.05, 4.69) is 5.32 Å². The number of imide groups is 1. The van der Waals surface area contributed by atoms with E-state index in [9.17, 15) is 9.59 Å². The van der Waals surface area contributed by atoms with Gasteiger partial charge in [0, 0.05) is 17.3 Å². The van der Waals surface area contributed by atoms with Gasteiger partial charge < -0.3 is 24.4 Å². The van der Waals surface area contributed by atoms with Gasteiger partial charge in [-0.2, -0.15) is 0 Å². The smallest absolute Gasteiger partial charge is 0.257 e. The van der Waals surface area contributed by atoms with Crippen LogP contribution in [0.2, 0.25) is 5.02 Å². The van der Waals surface area contributed by atoms with Gasteiger partial charge in [-0.3, -0.25) is 9.59 Å². The van der Waals surface area contributed by atoms with Crippen molar-refractivity contribution in [1.29, 1.82) is 0 Å². The predicted octanol–water partition coefficient (Wildman–Crippen LogP) is 4.94. The average Bonchev–Trinajstić information content (AvgIpc) is 3.23. The fraction of sp³-hybridized carbons (Fsp3) is 0.250. The monoisotopic (exact) mass is 553 g/mol. The highest BCUT2D eigenvalue weighted by molar-refractivity contribution is 7.80. The maximum Gasteiger partial charge on any atom is 0.257 e. The van der Waals surface area contributed by atoms with Gasteiger partial charge in [0.05, 0.1) is 33.4 Å². The Bertz CT molecular complexity index is 1320. The van der Waals surface area contributed by atoms with Crippen LogP contribution in [-0.2, 0) is 16.0 Å². The van der Waals surface area contributed by atoms with Crippen molar-refractivity contribution in [2.45, 2.75) is 18.9 Å². The summed E-state index contributed by atoms with van der Waals surface area (Å²) in [6.45, 7) is 0.384. The molecule has 0 aliphatic carbocycles. The van der Waals surface area contributed by atoms with Crippen molar-refractivity contribution in [3.05, 3.63) is 77.3 Å². The lowest BCUT2D eigenvalue weighted by Gasteiger charge is -2.30. The summed E-state index contributed by atoms with van der Waals surface area (Å²) in [7, 11) is 4.72. The van der Waals surface area contributed by atoms with Gasteiger partial charge in [-0.05, 0) is 84.9 Å². The molecule has 1 atom stereocenters. The van der Waals surface area contributed by atoms with Gasteiger partial charge >= 0.3 is 0 Å². The largest absolute Gasteiger partial charge is 0.497 e. The molecule has 3 aromatic carbocycles. The molecular weight excluding hydrogens is 526 g/mol. The molecule has 1 aliphatic heterocycles. The zero-order valence-electron chi connectivity index (χ0n) is 21.3. The molecule has 38 heavy (non-hydrogen) atoms. The lowest BCUT2D eigenvalue weighted by atomic mass is 10.1. The molecular formula is C28H28ClN3O5S. The third-order valence-electron chi connectivity index (χ3n) is 6.28. The molecule has 1 heterocycles. The van der Waals surface area contributed by atoms with Gasteiger partial charge in [0.1, 0.15) is 11.8 Å². The fourth-order valence-electron chi connectivity index (χ4n) is 4.28. The molecule has 4 rings (SSSR count). The molecule has 1 saturated heterocycles. The molecule has 10 heteroatoms. The van der Waals surface area contributed by atoms with Crippen LogP contribution < -0.4 is 24.4 Å². The van der Waals surface area contributed by atoms with Crippen LogP contribution in [0.25, 0.3) is 0 Å². The summed E-state index contributed by atoms with van der Waals surface area (Å²) in [5, 5.41) is 4.11. The number of carbonyl (C=O) groups excluding carboxylic acids is 2. The van der Waals surface area contributed by atoms with E-state index >= 15 is 0 Å². The topological polar surface area (TPSA) is 80.3 Å². The number of methoxy groups -OCH3 is 3. The molecule has 1 N–H and O–H groups in total. The van der Waals surface area contributed by atoms with E-state index in [1.165, 1.54) is 4.90 Å². The normalized spacial score (nSPS) is 14.8. The first-order valence-corrected chi connectivity index (χ1v) is 12.7. The highest BCUT2D eigenvalue weighted by atomic mass is 35.5. The van der Waals surface area contributed by atoms with Crippen molar-refractivity contribution in [2.75, 3.05) is 38.1 Å². The standard InChI is InChI=1S/C28H28ClN3O5S/c1-35-22-11-9-21(10-12-22)32-26(33)17-23(27(32)34)31(28(38)30-20-7-5-19(29)6-8-20)15-14-18-4-13-24(36-2)25(16-18)37-3/h4-13,16,23H,14-15,17H2,1-3H3,(H,30,38). The number of hydrogen-bond donors (Lipinski definition) is 1. The minimum absolute atomic E-state index is 0.000760. The van der Waals surface area contributed by atoms with Crippen LogP contribution in [0.5, 0.6) is 17.2 Å². The zero-order valence-corrected chi connectivity index (χ0v) is 22.8. The van der Waals surface area contributed by atoms with Crippen LogP contribution in [0.4, 0.5) is 11.4 Å². The Balaban J connectivity index is 1.59. The maximum absolute atomic E-state index is 13.6. The SMILES string of the molecule is COc1ccc(N2C(=O)CC(N(CCc3ccc(OC)c(OC)c3)C(=S)Nc3ccc(Cl)cc3)C2=O)cc1. The zero-order chi connectivity index (χ0) is 27.2. The molecule has 0 radical (unpaired) electrons. The molecule has 1 aliphatic rings. The number of thiocarbonyl (C=S) groups is 1. The van der Waals surface area contributed by atoms with E-state index in [-0.39, 0.29) is 18.2 Å². The van der Waals surface area contributed by atoms with Crippen LogP contribution in [0.3, 0.4) is 0 Å². The lowest BCUT2D eigenvalue weighted by molar-refractivity contribution is -0.122. The molecule has 2 amide bonds. The average molecular weight is 554 g/mol. The summed E-state index contributed by atoms with van der Waals surface area (Å²) in [5.74, 6) is 1.23. The molecule has 0 saturated carbocycles. The highest BCUT2D eigenvalue weighted by Crippen LogP contribution is 2.30. The first-order valence-electron chi connectivity index (χ1n) is 11.9. The first-order chi connectivity index (χ1) is 18.3. The summed E-state index contributed by atoms with van der Waals surface area (Å²) in [6.07, 6.45) is 0.544. The number of hydrogen-bond acceptors (Lipinski definition) is 6. The second-order valence-electron chi connectivity index (χ2n) is 8.56. The first kappa shape index (κ1) is 27.2. The highest BCUT2D eigenvalue weighted by Gasteiger charge is 2.43. The van der Waals surface area contributed by atoms with E-state index in [0.717, 1.165) is 11.3 Å². The van der Waals surface area contributed by atoms with E-state index in [1.54, 1.807) is 74.8 Å². The van der Waals surface area contributed by atoms with Crippen molar-refractivity contribution in [2.24, 2.45) is 0 Å². The maximum atomic E-state index is 13.6. The number of benzene rings is 3. The van der Waals surface area contributed by atoms with E-state index < -0.39 is 6.04 Å². The Hall–Kier alpha value is -3.82. The van der Waals surface area contributed by atoms with Crippen molar-refractivity contribution < 1.29 is 23.8 Å². The summed E-state index contributed by atoms with van der Waals surface area (Å²) < 4.78 is 16.0. The van der Waals surface area contributed by atoms with Crippen LogP contribution in [0.15, 0.2) is 66.7 Å². The van der Waals surface area contributed by atoms with E-state index in [1.807, 2.05) is 18.2 Å². The quantitative estimate of drug-likeness (QED) is 0.295. The molecule has 1 unspecified atom stereocenters. The van der Waals surface area contributed by atoms with Crippen LogP contribution >= 0.6 is 23.8 Å². The number of carbonyl (C=O) groups is 2. The Morgan fingerprint density at radius 1 is 0.974 bits per heavy atom. The number of nitrogens with one attached hydrogen (secondary N) is 1. The Morgan fingerprint density at radius 2 is 1.66 bits per heavy atom.